The molecule has 2 atom stereocenters. The molecular formula is C19H27ClFNO3S. The van der Waals surface area contributed by atoms with Crippen LogP contribution in [0.4, 0.5) is 10.1 Å². The molecule has 1 N–H and O–H groups in total. The number of esters is 1. The third-order valence-electron chi connectivity index (χ3n) is 3.77. The number of benzene rings is 1. The molecule has 0 spiro atoms. The topological polar surface area (TPSA) is 55.4 Å². The Bertz CT molecular complexity index is 639. The summed E-state index contributed by atoms with van der Waals surface area (Å²) in [5, 5.41) is 2.35. The minimum Gasteiger partial charge on any atom is -0.462 e. The fourth-order valence-corrected chi connectivity index (χ4v) is 3.56. The molecule has 7 heteroatoms. The molecule has 4 nitrogen and oxygen atoms in total. The number of rotatable bonds is 9. The van der Waals surface area contributed by atoms with Gasteiger partial charge in [0.1, 0.15) is 11.1 Å². The van der Waals surface area contributed by atoms with Gasteiger partial charge in [-0.1, -0.05) is 38.8 Å². The van der Waals surface area contributed by atoms with E-state index in [1.807, 2.05) is 13.8 Å². The number of thioether (sulfide) groups is 1. The van der Waals surface area contributed by atoms with Crippen LogP contribution in [0.25, 0.3) is 0 Å². The number of nitrogens with one attached hydrogen (secondary N) is 1. The molecule has 1 aromatic carbocycles. The Morgan fingerprint density at radius 3 is 2.46 bits per heavy atom. The van der Waals surface area contributed by atoms with Crippen LogP contribution < -0.4 is 5.32 Å². The summed E-state index contributed by atoms with van der Waals surface area (Å²) in [6.45, 7) is 9.22. The highest BCUT2D eigenvalue weighted by molar-refractivity contribution is 8.00. The minimum atomic E-state index is -0.604. The molecule has 0 aliphatic carbocycles. The first-order chi connectivity index (χ1) is 12.2. The van der Waals surface area contributed by atoms with Crippen molar-refractivity contribution in [2.24, 2.45) is 5.92 Å². The van der Waals surface area contributed by atoms with Crippen molar-refractivity contribution < 1.29 is 18.7 Å². The summed E-state index contributed by atoms with van der Waals surface area (Å²) < 4.78 is 19.5. The first-order valence-electron chi connectivity index (χ1n) is 8.86. The lowest BCUT2D eigenvalue weighted by molar-refractivity contribution is -0.146. The SMILES string of the molecule is CCCC(Sc1cc(NC(=O)C(C)CC)c(F)cc1Cl)C(=O)OC(C)C. The molecule has 0 aliphatic rings. The molecule has 1 amide bonds. The van der Waals surface area contributed by atoms with Crippen molar-refractivity contribution in [2.75, 3.05) is 5.32 Å². The average molecular weight is 404 g/mol. The predicted molar refractivity (Wildman–Crippen MR) is 105 cm³/mol. The van der Waals surface area contributed by atoms with Crippen molar-refractivity contribution in [2.45, 2.75) is 70.1 Å². The van der Waals surface area contributed by atoms with Gasteiger partial charge < -0.3 is 10.1 Å². The molecule has 0 aromatic heterocycles. The Kier molecular flexibility index (Phi) is 9.44. The summed E-state index contributed by atoms with van der Waals surface area (Å²) in [6, 6.07) is 2.64. The molecular weight excluding hydrogens is 377 g/mol. The minimum absolute atomic E-state index is 0.0645. The third kappa shape index (κ3) is 6.80. The van der Waals surface area contributed by atoms with E-state index in [0.29, 0.717) is 17.7 Å². The molecule has 2 unspecified atom stereocenters. The molecule has 1 aromatic rings. The lowest BCUT2D eigenvalue weighted by Gasteiger charge is -2.18. The van der Waals surface area contributed by atoms with Gasteiger partial charge in [0.2, 0.25) is 5.91 Å². The molecule has 0 fully saturated rings. The number of carbonyl (C=O) groups excluding carboxylic acids is 2. The van der Waals surface area contributed by atoms with Gasteiger partial charge in [0.05, 0.1) is 16.8 Å². The number of amides is 1. The van der Waals surface area contributed by atoms with Crippen LogP contribution in [0.5, 0.6) is 0 Å². The maximum absolute atomic E-state index is 14.2. The number of anilines is 1. The normalized spacial score (nSPS) is 13.4. The first kappa shape index (κ1) is 22.8. The van der Waals surface area contributed by atoms with E-state index in [1.165, 1.54) is 17.8 Å². The fourth-order valence-electron chi connectivity index (χ4n) is 2.11. The summed E-state index contributed by atoms with van der Waals surface area (Å²) in [5.74, 6) is -1.41. The number of ether oxygens (including phenoxy) is 1. The van der Waals surface area contributed by atoms with Gasteiger partial charge in [-0.05, 0) is 38.8 Å². The van der Waals surface area contributed by atoms with Crippen molar-refractivity contribution >= 4 is 40.9 Å². The van der Waals surface area contributed by atoms with Crippen LogP contribution in [0.3, 0.4) is 0 Å². The van der Waals surface area contributed by atoms with Crippen molar-refractivity contribution in [3.05, 3.63) is 23.0 Å². The molecule has 0 saturated heterocycles. The van der Waals surface area contributed by atoms with Crippen molar-refractivity contribution in [1.82, 2.24) is 0 Å². The van der Waals surface area contributed by atoms with E-state index in [0.717, 1.165) is 12.5 Å². The van der Waals surface area contributed by atoms with Gasteiger partial charge in [0.25, 0.3) is 0 Å². The Hall–Kier alpha value is -1.27. The second kappa shape index (κ2) is 10.8. The van der Waals surface area contributed by atoms with Gasteiger partial charge in [-0.15, -0.1) is 11.8 Å². The number of hydrogen-bond acceptors (Lipinski definition) is 4. The summed E-state index contributed by atoms with van der Waals surface area (Å²) in [4.78, 5) is 24.9. The van der Waals surface area contributed by atoms with Crippen LogP contribution in [0, 0.1) is 11.7 Å². The lowest BCUT2D eigenvalue weighted by atomic mass is 10.1. The van der Waals surface area contributed by atoms with Gasteiger partial charge in [-0.25, -0.2) is 4.39 Å². The van der Waals surface area contributed by atoms with Gasteiger partial charge in [0, 0.05) is 10.8 Å². The lowest BCUT2D eigenvalue weighted by Crippen LogP contribution is -2.23. The van der Waals surface area contributed by atoms with Crippen LogP contribution in [0.15, 0.2) is 17.0 Å². The maximum atomic E-state index is 14.2. The van der Waals surface area contributed by atoms with Crippen LogP contribution in [0.1, 0.15) is 53.9 Å². The molecule has 0 saturated carbocycles. The quantitative estimate of drug-likeness (QED) is 0.426. The Balaban J connectivity index is 3.04. The fraction of sp³-hybridized carbons (Fsp3) is 0.579. The third-order valence-corrected chi connectivity index (χ3v) is 5.50. The van der Waals surface area contributed by atoms with Crippen molar-refractivity contribution in [3.8, 4) is 0 Å². The summed E-state index contributed by atoms with van der Waals surface area (Å²) >= 11 is 7.39. The standard InChI is InChI=1S/C19H27ClFNO3S/c1-6-8-16(19(24)25-11(3)4)26-17-10-15(14(21)9-13(17)20)22-18(23)12(5)7-2/h9-12,16H,6-8H2,1-5H3,(H,22,23). The largest absolute Gasteiger partial charge is 0.462 e. The highest BCUT2D eigenvalue weighted by Crippen LogP contribution is 2.36. The summed E-state index contributed by atoms with van der Waals surface area (Å²) in [5.41, 5.74) is 0.0645. The summed E-state index contributed by atoms with van der Waals surface area (Å²) in [7, 11) is 0. The van der Waals surface area contributed by atoms with Crippen molar-refractivity contribution in [1.29, 1.82) is 0 Å². The van der Waals surface area contributed by atoms with Crippen molar-refractivity contribution in [3.63, 3.8) is 0 Å². The van der Waals surface area contributed by atoms with Gasteiger partial charge in [-0.2, -0.15) is 0 Å². The predicted octanol–water partition coefficient (Wildman–Crippen LogP) is 5.68. The van der Waals surface area contributed by atoms with E-state index in [4.69, 9.17) is 16.3 Å². The zero-order chi connectivity index (χ0) is 19.9. The van der Waals surface area contributed by atoms with E-state index in [9.17, 15) is 14.0 Å². The van der Waals surface area contributed by atoms with Crippen LogP contribution in [-0.4, -0.2) is 23.2 Å². The highest BCUT2D eigenvalue weighted by atomic mass is 35.5. The first-order valence-corrected chi connectivity index (χ1v) is 10.1. The molecule has 0 bridgehead atoms. The maximum Gasteiger partial charge on any atom is 0.319 e. The van der Waals surface area contributed by atoms with E-state index < -0.39 is 11.1 Å². The number of hydrogen-bond donors (Lipinski definition) is 1. The Labute approximate surface area is 164 Å². The molecule has 26 heavy (non-hydrogen) atoms. The summed E-state index contributed by atoms with van der Waals surface area (Å²) in [6.07, 6.45) is 1.85. The van der Waals surface area contributed by atoms with Gasteiger partial charge >= 0.3 is 5.97 Å². The van der Waals surface area contributed by atoms with Gasteiger partial charge in [0.15, 0.2) is 0 Å². The molecule has 0 heterocycles. The van der Waals surface area contributed by atoms with E-state index in [2.05, 4.69) is 5.32 Å². The molecule has 0 radical (unpaired) electrons. The van der Waals surface area contributed by atoms with Crippen LogP contribution >= 0.6 is 23.4 Å². The van der Waals surface area contributed by atoms with E-state index >= 15 is 0 Å². The highest BCUT2D eigenvalue weighted by Gasteiger charge is 2.24. The smallest absolute Gasteiger partial charge is 0.319 e. The monoisotopic (exact) mass is 403 g/mol. The molecule has 0 aliphatic heterocycles. The number of carbonyl (C=O) groups is 2. The number of halogens is 2. The Morgan fingerprint density at radius 2 is 1.92 bits per heavy atom. The Morgan fingerprint density at radius 1 is 1.27 bits per heavy atom. The average Bonchev–Trinajstić information content (AvgIpc) is 2.56. The second-order valence-electron chi connectivity index (χ2n) is 6.44. The molecule has 146 valence electrons. The van der Waals surface area contributed by atoms with Crippen LogP contribution in [0.2, 0.25) is 5.02 Å². The second-order valence-corrected chi connectivity index (χ2v) is 8.09. The molecule has 1 rings (SSSR count). The van der Waals surface area contributed by atoms with E-state index in [-0.39, 0.29) is 34.6 Å². The zero-order valence-electron chi connectivity index (χ0n) is 15.9. The van der Waals surface area contributed by atoms with E-state index in [1.54, 1.807) is 20.8 Å². The van der Waals surface area contributed by atoms with Crippen LogP contribution in [-0.2, 0) is 14.3 Å². The van der Waals surface area contributed by atoms with Gasteiger partial charge in [-0.3, -0.25) is 9.59 Å². The zero-order valence-corrected chi connectivity index (χ0v) is 17.5.